The number of aromatic nitrogens is 3. The summed E-state index contributed by atoms with van der Waals surface area (Å²) in [6.45, 7) is 0.417. The van der Waals surface area contributed by atoms with Gasteiger partial charge >= 0.3 is 5.69 Å². The van der Waals surface area contributed by atoms with Crippen molar-refractivity contribution in [2.45, 2.75) is 25.4 Å². The summed E-state index contributed by atoms with van der Waals surface area (Å²) in [5.74, 6) is 2.10. The van der Waals surface area contributed by atoms with Crippen LogP contribution in [-0.2, 0) is 11.3 Å². The SMILES string of the molecule is COc1ccc(OCC(=O)NCCn2nc(-c3ccco3)n(C3CC3)c2=O)cc1. The third kappa shape index (κ3) is 4.34. The second kappa shape index (κ2) is 8.26. The maximum Gasteiger partial charge on any atom is 0.346 e. The van der Waals surface area contributed by atoms with E-state index >= 15 is 0 Å². The normalized spacial score (nSPS) is 13.3. The van der Waals surface area contributed by atoms with Crippen molar-refractivity contribution in [1.29, 1.82) is 0 Å². The lowest BCUT2D eigenvalue weighted by Gasteiger charge is -2.08. The molecule has 2 heterocycles. The molecule has 1 fully saturated rings. The molecule has 152 valence electrons. The fourth-order valence-corrected chi connectivity index (χ4v) is 2.97. The molecule has 1 aliphatic rings. The number of hydrogen-bond acceptors (Lipinski definition) is 6. The highest BCUT2D eigenvalue weighted by Crippen LogP contribution is 2.36. The second-order valence-corrected chi connectivity index (χ2v) is 6.72. The average Bonchev–Trinajstić information content (AvgIpc) is 3.31. The smallest absolute Gasteiger partial charge is 0.346 e. The first kappa shape index (κ1) is 18.9. The Bertz CT molecular complexity index is 1020. The van der Waals surface area contributed by atoms with Gasteiger partial charge in [0.2, 0.25) is 5.82 Å². The number of methoxy groups -OCH3 is 1. The predicted molar refractivity (Wildman–Crippen MR) is 104 cm³/mol. The van der Waals surface area contributed by atoms with Crippen LogP contribution in [-0.4, -0.2) is 40.5 Å². The molecule has 29 heavy (non-hydrogen) atoms. The Kier molecular flexibility index (Phi) is 5.37. The average molecular weight is 398 g/mol. The number of hydrogen-bond donors (Lipinski definition) is 1. The van der Waals surface area contributed by atoms with Gasteiger partial charge in [0.25, 0.3) is 5.91 Å². The number of amides is 1. The Labute approximate surface area is 166 Å². The number of carbonyl (C=O) groups is 1. The molecule has 1 aromatic carbocycles. The lowest BCUT2D eigenvalue weighted by Crippen LogP contribution is -2.34. The van der Waals surface area contributed by atoms with Crippen molar-refractivity contribution in [3.63, 3.8) is 0 Å². The fraction of sp³-hybridized carbons (Fsp3) is 0.350. The van der Waals surface area contributed by atoms with Crippen LogP contribution in [0.2, 0.25) is 0 Å². The quantitative estimate of drug-likeness (QED) is 0.590. The maximum atomic E-state index is 12.7. The summed E-state index contributed by atoms with van der Waals surface area (Å²) in [7, 11) is 1.58. The molecule has 4 rings (SSSR count). The van der Waals surface area contributed by atoms with Crippen LogP contribution in [0.4, 0.5) is 0 Å². The zero-order chi connectivity index (χ0) is 20.2. The van der Waals surface area contributed by atoms with Crippen LogP contribution >= 0.6 is 0 Å². The summed E-state index contributed by atoms with van der Waals surface area (Å²) in [5.41, 5.74) is -0.192. The molecule has 0 spiro atoms. The monoisotopic (exact) mass is 398 g/mol. The van der Waals surface area contributed by atoms with Gasteiger partial charge < -0.3 is 19.2 Å². The molecule has 1 saturated carbocycles. The number of furan rings is 1. The van der Waals surface area contributed by atoms with Crippen molar-refractivity contribution in [3.05, 3.63) is 53.1 Å². The molecule has 0 saturated heterocycles. The summed E-state index contributed by atoms with van der Waals surface area (Å²) >= 11 is 0. The standard InChI is InChI=1S/C20H22N4O5/c1-27-15-6-8-16(9-7-15)29-13-18(25)21-10-11-23-20(26)24(14-4-5-14)19(22-23)17-3-2-12-28-17/h2-3,6-9,12,14H,4-5,10-11,13H2,1H3,(H,21,25). The van der Waals surface area contributed by atoms with Crippen molar-refractivity contribution < 1.29 is 18.7 Å². The molecule has 1 N–H and O–H groups in total. The molecule has 2 aromatic heterocycles. The van der Waals surface area contributed by atoms with Gasteiger partial charge in [-0.3, -0.25) is 9.36 Å². The Hall–Kier alpha value is -3.49. The minimum atomic E-state index is -0.276. The molecular weight excluding hydrogens is 376 g/mol. The Morgan fingerprint density at radius 3 is 2.66 bits per heavy atom. The number of carbonyl (C=O) groups excluding carboxylic acids is 1. The Morgan fingerprint density at radius 1 is 1.24 bits per heavy atom. The van der Waals surface area contributed by atoms with E-state index < -0.39 is 0 Å². The highest BCUT2D eigenvalue weighted by atomic mass is 16.5. The van der Waals surface area contributed by atoms with Gasteiger partial charge in [-0.25, -0.2) is 9.48 Å². The predicted octanol–water partition coefficient (Wildman–Crippen LogP) is 1.84. The summed E-state index contributed by atoms with van der Waals surface area (Å²) in [5, 5.41) is 7.14. The third-order valence-corrected chi connectivity index (χ3v) is 4.60. The van der Waals surface area contributed by atoms with E-state index in [2.05, 4.69) is 10.4 Å². The van der Waals surface area contributed by atoms with Crippen molar-refractivity contribution in [1.82, 2.24) is 19.7 Å². The van der Waals surface area contributed by atoms with Crippen molar-refractivity contribution in [2.24, 2.45) is 0 Å². The molecule has 0 radical (unpaired) electrons. The van der Waals surface area contributed by atoms with Crippen molar-refractivity contribution in [2.75, 3.05) is 20.3 Å². The summed E-state index contributed by atoms with van der Waals surface area (Å²) in [6.07, 6.45) is 3.47. The van der Waals surface area contributed by atoms with Crippen molar-refractivity contribution >= 4 is 5.91 Å². The molecule has 3 aromatic rings. The van der Waals surface area contributed by atoms with E-state index in [0.29, 0.717) is 23.1 Å². The van der Waals surface area contributed by atoms with E-state index in [-0.39, 0.29) is 37.3 Å². The van der Waals surface area contributed by atoms with Crippen LogP contribution < -0.4 is 20.5 Å². The number of benzene rings is 1. The second-order valence-electron chi connectivity index (χ2n) is 6.72. The highest BCUT2D eigenvalue weighted by Gasteiger charge is 2.31. The number of nitrogens with zero attached hydrogens (tertiary/aromatic N) is 3. The summed E-state index contributed by atoms with van der Waals surface area (Å²) < 4.78 is 19.0. The van der Waals surface area contributed by atoms with Gasteiger partial charge in [-0.05, 0) is 49.2 Å². The largest absolute Gasteiger partial charge is 0.497 e. The number of ether oxygens (including phenoxy) is 2. The zero-order valence-corrected chi connectivity index (χ0v) is 16.0. The van der Waals surface area contributed by atoms with Gasteiger partial charge in [0, 0.05) is 12.6 Å². The molecule has 0 unspecified atom stereocenters. The topological polar surface area (TPSA) is 101 Å². The number of rotatable bonds is 9. The fourth-order valence-electron chi connectivity index (χ4n) is 2.97. The highest BCUT2D eigenvalue weighted by molar-refractivity contribution is 5.77. The Morgan fingerprint density at radius 2 is 2.00 bits per heavy atom. The molecule has 0 aliphatic heterocycles. The minimum absolute atomic E-state index is 0.116. The van der Waals surface area contributed by atoms with Gasteiger partial charge in [0.15, 0.2) is 12.4 Å². The van der Waals surface area contributed by atoms with E-state index in [1.165, 1.54) is 4.68 Å². The van der Waals surface area contributed by atoms with Crippen LogP contribution in [0.25, 0.3) is 11.6 Å². The first-order valence-electron chi connectivity index (χ1n) is 9.42. The van der Waals surface area contributed by atoms with E-state index in [1.807, 2.05) is 0 Å². The first-order chi connectivity index (χ1) is 14.2. The van der Waals surface area contributed by atoms with Crippen LogP contribution in [0, 0.1) is 0 Å². The summed E-state index contributed by atoms with van der Waals surface area (Å²) in [4.78, 5) is 24.7. The van der Waals surface area contributed by atoms with Crippen LogP contribution in [0.3, 0.4) is 0 Å². The molecule has 1 amide bonds. The number of nitrogens with one attached hydrogen (secondary N) is 1. The lowest BCUT2D eigenvalue weighted by molar-refractivity contribution is -0.123. The molecule has 0 bridgehead atoms. The first-order valence-corrected chi connectivity index (χ1v) is 9.42. The van der Waals surface area contributed by atoms with E-state index in [1.54, 1.807) is 54.3 Å². The molecule has 9 heteroatoms. The minimum Gasteiger partial charge on any atom is -0.497 e. The van der Waals surface area contributed by atoms with Gasteiger partial charge in [-0.15, -0.1) is 5.10 Å². The van der Waals surface area contributed by atoms with Crippen LogP contribution in [0.5, 0.6) is 11.5 Å². The maximum absolute atomic E-state index is 12.7. The van der Waals surface area contributed by atoms with Crippen LogP contribution in [0.1, 0.15) is 18.9 Å². The van der Waals surface area contributed by atoms with Gasteiger partial charge in [-0.2, -0.15) is 0 Å². The third-order valence-electron chi connectivity index (χ3n) is 4.60. The molecule has 9 nitrogen and oxygen atoms in total. The van der Waals surface area contributed by atoms with Gasteiger partial charge in [-0.1, -0.05) is 0 Å². The van der Waals surface area contributed by atoms with E-state index in [9.17, 15) is 9.59 Å². The van der Waals surface area contributed by atoms with Crippen LogP contribution in [0.15, 0.2) is 51.9 Å². The lowest BCUT2D eigenvalue weighted by atomic mass is 10.3. The van der Waals surface area contributed by atoms with Gasteiger partial charge in [0.1, 0.15) is 11.5 Å². The Balaban J connectivity index is 1.31. The van der Waals surface area contributed by atoms with Crippen molar-refractivity contribution in [3.8, 4) is 23.1 Å². The molecule has 0 atom stereocenters. The van der Waals surface area contributed by atoms with E-state index in [0.717, 1.165) is 12.8 Å². The molecular formula is C20H22N4O5. The summed E-state index contributed by atoms with van der Waals surface area (Å²) in [6, 6.07) is 10.7. The van der Waals surface area contributed by atoms with E-state index in [4.69, 9.17) is 13.9 Å². The molecule has 1 aliphatic carbocycles. The van der Waals surface area contributed by atoms with Gasteiger partial charge in [0.05, 0.1) is 19.9 Å². The zero-order valence-electron chi connectivity index (χ0n) is 16.0.